The summed E-state index contributed by atoms with van der Waals surface area (Å²) in [6, 6.07) is 0. The minimum absolute atomic E-state index is 0.0671. The van der Waals surface area contributed by atoms with Crippen molar-refractivity contribution in [2.24, 2.45) is 0 Å². The molecule has 2 amide bonds. The molecule has 0 saturated carbocycles. The van der Waals surface area contributed by atoms with Gasteiger partial charge in [0.2, 0.25) is 5.91 Å². The van der Waals surface area contributed by atoms with Crippen molar-refractivity contribution in [3.63, 3.8) is 0 Å². The molecule has 0 aliphatic rings. The molecule has 1 aromatic heterocycles. The van der Waals surface area contributed by atoms with Crippen LogP contribution in [0.15, 0.2) is 10.8 Å². The van der Waals surface area contributed by atoms with Crippen molar-refractivity contribution in [1.82, 2.24) is 0 Å². The molecule has 1 rings (SSSR count). The number of amides is 2. The fourth-order valence-electron chi connectivity index (χ4n) is 0.873. The zero-order valence-corrected chi connectivity index (χ0v) is 8.83. The lowest BCUT2D eigenvalue weighted by Crippen LogP contribution is -2.30. The molecule has 0 bridgehead atoms. The molecule has 0 aliphatic heterocycles. The number of hydrogen-bond acceptors (Lipinski definition) is 3. The molecule has 16 heavy (non-hydrogen) atoms. The Labute approximate surface area is 92.5 Å². The highest BCUT2D eigenvalue weighted by atomic mass is 32.1. The quantitative estimate of drug-likeness (QED) is 0.847. The number of carbonyl (C=O) groups excluding carboxylic acids is 2. The van der Waals surface area contributed by atoms with Gasteiger partial charge in [0.1, 0.15) is 0 Å². The first kappa shape index (κ1) is 12.5. The molecule has 2 N–H and O–H groups in total. The molecule has 0 atom stereocenters. The summed E-state index contributed by atoms with van der Waals surface area (Å²) in [4.78, 5) is 21.3. The van der Waals surface area contributed by atoms with Crippen LogP contribution in [-0.4, -0.2) is 18.0 Å². The van der Waals surface area contributed by atoms with Gasteiger partial charge in [-0.15, -0.1) is 11.3 Å². The van der Waals surface area contributed by atoms with E-state index >= 15 is 0 Å². The van der Waals surface area contributed by atoms with Gasteiger partial charge in [0.05, 0.1) is 11.4 Å². The molecule has 0 aromatic carbocycles. The van der Waals surface area contributed by atoms with E-state index in [0.29, 0.717) is 0 Å². The summed E-state index contributed by atoms with van der Waals surface area (Å²) >= 11 is 1.06. The first-order chi connectivity index (χ1) is 7.30. The van der Waals surface area contributed by atoms with Gasteiger partial charge in [-0.3, -0.25) is 9.59 Å². The fourth-order valence-corrected chi connectivity index (χ4v) is 1.59. The van der Waals surface area contributed by atoms with Crippen molar-refractivity contribution in [3.05, 3.63) is 10.8 Å². The largest absolute Gasteiger partial charge is 0.471 e. The number of anilines is 2. The van der Waals surface area contributed by atoms with Crippen LogP contribution in [0.3, 0.4) is 0 Å². The standard InChI is InChI=1S/C8H7F3N2O2S/c1-4(14)12-5-2-16-3-6(5)13-7(15)8(9,10)11/h2-3H,1H3,(H,12,14)(H,13,15). The second-order valence-corrected chi connectivity index (χ2v) is 3.58. The highest BCUT2D eigenvalue weighted by Gasteiger charge is 2.39. The molecular formula is C8H7F3N2O2S. The minimum Gasteiger partial charge on any atom is -0.324 e. The number of rotatable bonds is 2. The van der Waals surface area contributed by atoms with Crippen LogP contribution in [-0.2, 0) is 9.59 Å². The summed E-state index contributed by atoms with van der Waals surface area (Å²) in [7, 11) is 0. The number of thiophene rings is 1. The Kier molecular flexibility index (Phi) is 3.53. The maximum Gasteiger partial charge on any atom is 0.471 e. The number of alkyl halides is 3. The molecule has 0 fully saturated rings. The van der Waals surface area contributed by atoms with Gasteiger partial charge in [0.25, 0.3) is 0 Å². The van der Waals surface area contributed by atoms with Crippen LogP contribution in [0, 0.1) is 0 Å². The number of carbonyl (C=O) groups is 2. The second kappa shape index (κ2) is 4.52. The molecule has 8 heteroatoms. The summed E-state index contributed by atoms with van der Waals surface area (Å²) in [5.74, 6) is -2.50. The Hall–Kier alpha value is -1.57. The van der Waals surface area contributed by atoms with Gasteiger partial charge < -0.3 is 10.6 Å². The predicted octanol–water partition coefficient (Wildman–Crippen LogP) is 2.21. The molecule has 1 aromatic rings. The zero-order valence-electron chi connectivity index (χ0n) is 8.01. The van der Waals surface area contributed by atoms with Crippen molar-refractivity contribution < 1.29 is 22.8 Å². The summed E-state index contributed by atoms with van der Waals surface area (Å²) in [5.41, 5.74) is 0.0811. The van der Waals surface area contributed by atoms with Crippen molar-refractivity contribution in [1.29, 1.82) is 0 Å². The van der Waals surface area contributed by atoms with Crippen molar-refractivity contribution in [3.8, 4) is 0 Å². The summed E-state index contributed by atoms with van der Waals surface area (Å²) in [5, 5.41) is 6.69. The van der Waals surface area contributed by atoms with E-state index in [-0.39, 0.29) is 11.4 Å². The normalized spacial score (nSPS) is 11.0. The van der Waals surface area contributed by atoms with Crippen LogP contribution in [0.25, 0.3) is 0 Å². The van der Waals surface area contributed by atoms with Gasteiger partial charge >= 0.3 is 12.1 Å². The number of halogens is 3. The molecule has 88 valence electrons. The van der Waals surface area contributed by atoms with E-state index in [2.05, 4.69) is 5.32 Å². The van der Waals surface area contributed by atoms with Gasteiger partial charge in [-0.05, 0) is 0 Å². The molecule has 0 aliphatic carbocycles. The third-order valence-electron chi connectivity index (χ3n) is 1.48. The predicted molar refractivity (Wildman–Crippen MR) is 53.3 cm³/mol. The SMILES string of the molecule is CC(=O)Nc1cscc1NC(=O)C(F)(F)F. The molecule has 0 unspecified atom stereocenters. The van der Waals surface area contributed by atoms with E-state index in [1.165, 1.54) is 17.7 Å². The maximum atomic E-state index is 11.9. The van der Waals surface area contributed by atoms with Crippen LogP contribution < -0.4 is 10.6 Å². The van der Waals surface area contributed by atoms with Crippen molar-refractivity contribution >= 4 is 34.5 Å². The van der Waals surface area contributed by atoms with Gasteiger partial charge in [-0.25, -0.2) is 0 Å². The van der Waals surface area contributed by atoms with E-state index in [1.807, 2.05) is 0 Å². The number of nitrogens with one attached hydrogen (secondary N) is 2. The van der Waals surface area contributed by atoms with Gasteiger partial charge in [-0.2, -0.15) is 13.2 Å². The van der Waals surface area contributed by atoms with Crippen molar-refractivity contribution in [2.45, 2.75) is 13.1 Å². The van der Waals surface area contributed by atoms with Gasteiger partial charge in [-0.1, -0.05) is 0 Å². The Morgan fingerprint density at radius 2 is 1.69 bits per heavy atom. The molecule has 4 nitrogen and oxygen atoms in total. The lowest BCUT2D eigenvalue weighted by molar-refractivity contribution is -0.167. The second-order valence-electron chi connectivity index (χ2n) is 2.83. The average molecular weight is 252 g/mol. The zero-order chi connectivity index (χ0) is 12.3. The van der Waals surface area contributed by atoms with Crippen molar-refractivity contribution in [2.75, 3.05) is 10.6 Å². The Balaban J connectivity index is 2.78. The Morgan fingerprint density at radius 1 is 1.19 bits per heavy atom. The maximum absolute atomic E-state index is 11.9. The Morgan fingerprint density at radius 3 is 2.12 bits per heavy atom. The molecule has 0 saturated heterocycles. The van der Waals surface area contributed by atoms with E-state index in [0.717, 1.165) is 11.3 Å². The lowest BCUT2D eigenvalue weighted by Gasteiger charge is -2.08. The third kappa shape index (κ3) is 3.23. The van der Waals surface area contributed by atoms with Crippen LogP contribution >= 0.6 is 11.3 Å². The fraction of sp³-hybridized carbons (Fsp3) is 0.250. The third-order valence-corrected chi connectivity index (χ3v) is 2.22. The summed E-state index contributed by atoms with van der Waals surface area (Å²) in [6.07, 6.45) is -4.95. The van der Waals surface area contributed by atoms with Gasteiger partial charge in [0.15, 0.2) is 0 Å². The number of hydrogen-bond donors (Lipinski definition) is 2. The minimum atomic E-state index is -4.95. The Bertz CT molecular complexity index is 414. The smallest absolute Gasteiger partial charge is 0.324 e. The first-order valence-electron chi connectivity index (χ1n) is 4.02. The molecular weight excluding hydrogens is 245 g/mol. The van der Waals surface area contributed by atoms with E-state index in [4.69, 9.17) is 0 Å². The van der Waals surface area contributed by atoms with Crippen LogP contribution in [0.2, 0.25) is 0 Å². The summed E-state index contributed by atoms with van der Waals surface area (Å²) in [6.45, 7) is 1.22. The van der Waals surface area contributed by atoms with Crippen LogP contribution in [0.5, 0.6) is 0 Å². The first-order valence-corrected chi connectivity index (χ1v) is 4.97. The highest BCUT2D eigenvalue weighted by molar-refractivity contribution is 7.09. The molecule has 0 radical (unpaired) electrons. The lowest BCUT2D eigenvalue weighted by atomic mass is 10.4. The molecule has 0 spiro atoms. The summed E-state index contributed by atoms with van der Waals surface area (Å²) < 4.78 is 35.8. The van der Waals surface area contributed by atoms with E-state index < -0.39 is 18.0 Å². The van der Waals surface area contributed by atoms with Crippen LogP contribution in [0.1, 0.15) is 6.92 Å². The van der Waals surface area contributed by atoms with Gasteiger partial charge in [0, 0.05) is 17.7 Å². The van der Waals surface area contributed by atoms with E-state index in [9.17, 15) is 22.8 Å². The van der Waals surface area contributed by atoms with Crippen LogP contribution in [0.4, 0.5) is 24.5 Å². The average Bonchev–Trinajstić information content (AvgIpc) is 2.50. The topological polar surface area (TPSA) is 58.2 Å². The molecule has 1 heterocycles. The monoisotopic (exact) mass is 252 g/mol. The van der Waals surface area contributed by atoms with E-state index in [1.54, 1.807) is 5.32 Å². The highest BCUT2D eigenvalue weighted by Crippen LogP contribution is 2.28.